The fourth-order valence-electron chi connectivity index (χ4n) is 2.15. The number of hydrogen-bond donors (Lipinski definition) is 1. The lowest BCUT2D eigenvalue weighted by Gasteiger charge is -2.29. The lowest BCUT2D eigenvalue weighted by Crippen LogP contribution is -2.30. The molecular formula is C15H25N. The molecule has 1 N–H and O–H groups in total. The van der Waals surface area contributed by atoms with Crippen LogP contribution in [0.2, 0.25) is 0 Å². The molecule has 0 aliphatic heterocycles. The topological polar surface area (TPSA) is 12.0 Å². The molecule has 0 aliphatic carbocycles. The van der Waals surface area contributed by atoms with Gasteiger partial charge in [-0.2, -0.15) is 0 Å². The molecule has 0 saturated heterocycles. The van der Waals surface area contributed by atoms with E-state index in [1.807, 2.05) is 7.05 Å². The summed E-state index contributed by atoms with van der Waals surface area (Å²) in [6.45, 7) is 11.2. The molecule has 1 nitrogen and oxygen atoms in total. The van der Waals surface area contributed by atoms with Crippen LogP contribution in [0.4, 0.5) is 0 Å². The maximum atomic E-state index is 3.32. The Morgan fingerprint density at radius 2 is 1.81 bits per heavy atom. The van der Waals surface area contributed by atoms with E-state index in [0.717, 1.165) is 6.42 Å². The van der Waals surface area contributed by atoms with Crippen molar-refractivity contribution in [1.29, 1.82) is 0 Å². The van der Waals surface area contributed by atoms with E-state index >= 15 is 0 Å². The van der Waals surface area contributed by atoms with Crippen molar-refractivity contribution in [1.82, 2.24) is 5.32 Å². The maximum Gasteiger partial charge on any atom is 0.00440 e. The molecule has 0 heterocycles. The Bertz CT molecular complexity index is 352. The van der Waals surface area contributed by atoms with Crippen molar-refractivity contribution in [3.63, 3.8) is 0 Å². The average molecular weight is 219 g/mol. The van der Waals surface area contributed by atoms with Crippen molar-refractivity contribution in [2.75, 3.05) is 7.05 Å². The largest absolute Gasteiger partial charge is 0.317 e. The standard InChI is InChI=1S/C15H25N/c1-11-7-8-14(9-12(11)2)15(4,5)10-13(3)16-6/h7-9,13,16H,10H2,1-6H3. The summed E-state index contributed by atoms with van der Waals surface area (Å²) in [6, 6.07) is 7.38. The molecule has 0 amide bonds. The smallest absolute Gasteiger partial charge is 0.00440 e. The van der Waals surface area contributed by atoms with Crippen LogP contribution in [0.25, 0.3) is 0 Å². The van der Waals surface area contributed by atoms with Crippen molar-refractivity contribution in [3.8, 4) is 0 Å². The maximum absolute atomic E-state index is 3.32. The van der Waals surface area contributed by atoms with Crippen LogP contribution in [0.15, 0.2) is 18.2 Å². The highest BCUT2D eigenvalue weighted by atomic mass is 14.9. The molecule has 0 aromatic heterocycles. The van der Waals surface area contributed by atoms with Gasteiger partial charge in [-0.15, -0.1) is 0 Å². The van der Waals surface area contributed by atoms with Gasteiger partial charge in [0.2, 0.25) is 0 Å². The summed E-state index contributed by atoms with van der Waals surface area (Å²) in [4.78, 5) is 0. The van der Waals surface area contributed by atoms with Gasteiger partial charge < -0.3 is 5.32 Å². The first-order chi connectivity index (χ1) is 7.36. The van der Waals surface area contributed by atoms with Crippen molar-refractivity contribution in [2.45, 2.75) is 52.5 Å². The van der Waals surface area contributed by atoms with Crippen LogP contribution in [-0.4, -0.2) is 13.1 Å². The minimum atomic E-state index is 0.237. The van der Waals surface area contributed by atoms with Crippen LogP contribution in [0.5, 0.6) is 0 Å². The van der Waals surface area contributed by atoms with Crippen LogP contribution in [0, 0.1) is 13.8 Å². The summed E-state index contributed by atoms with van der Waals surface area (Å²) in [6.07, 6.45) is 1.16. The van der Waals surface area contributed by atoms with Crippen LogP contribution >= 0.6 is 0 Å². The van der Waals surface area contributed by atoms with E-state index in [9.17, 15) is 0 Å². The van der Waals surface area contributed by atoms with E-state index in [1.54, 1.807) is 0 Å². The van der Waals surface area contributed by atoms with E-state index in [4.69, 9.17) is 0 Å². The fraction of sp³-hybridized carbons (Fsp3) is 0.600. The highest BCUT2D eigenvalue weighted by Crippen LogP contribution is 2.29. The highest BCUT2D eigenvalue weighted by molar-refractivity contribution is 5.34. The summed E-state index contributed by atoms with van der Waals surface area (Å²) >= 11 is 0. The molecule has 16 heavy (non-hydrogen) atoms. The quantitative estimate of drug-likeness (QED) is 0.816. The summed E-state index contributed by atoms with van der Waals surface area (Å²) in [5.74, 6) is 0. The molecule has 1 heteroatoms. The van der Waals surface area contributed by atoms with Gasteiger partial charge in [-0.05, 0) is 56.3 Å². The molecule has 1 atom stereocenters. The third-order valence-corrected chi connectivity index (χ3v) is 3.60. The first-order valence-corrected chi connectivity index (χ1v) is 6.12. The molecule has 0 bridgehead atoms. The zero-order valence-corrected chi connectivity index (χ0v) is 11.5. The molecule has 1 aromatic carbocycles. The molecule has 1 unspecified atom stereocenters. The lowest BCUT2D eigenvalue weighted by atomic mass is 9.78. The second kappa shape index (κ2) is 5.01. The summed E-state index contributed by atoms with van der Waals surface area (Å²) in [7, 11) is 2.03. The Morgan fingerprint density at radius 1 is 1.19 bits per heavy atom. The summed E-state index contributed by atoms with van der Waals surface area (Å²) in [5.41, 5.74) is 4.45. The molecule has 90 valence electrons. The second-order valence-electron chi connectivity index (χ2n) is 5.58. The fourth-order valence-corrected chi connectivity index (χ4v) is 2.15. The molecular weight excluding hydrogens is 194 g/mol. The molecule has 0 radical (unpaired) electrons. The Labute approximate surface area is 100 Å². The van der Waals surface area contributed by atoms with E-state index in [2.05, 4.69) is 58.1 Å². The van der Waals surface area contributed by atoms with Crippen LogP contribution in [-0.2, 0) is 5.41 Å². The summed E-state index contributed by atoms with van der Waals surface area (Å²) in [5, 5.41) is 3.32. The third-order valence-electron chi connectivity index (χ3n) is 3.60. The Morgan fingerprint density at radius 3 is 2.31 bits per heavy atom. The lowest BCUT2D eigenvalue weighted by molar-refractivity contribution is 0.405. The van der Waals surface area contributed by atoms with Crippen molar-refractivity contribution < 1.29 is 0 Å². The minimum Gasteiger partial charge on any atom is -0.317 e. The first-order valence-electron chi connectivity index (χ1n) is 6.12. The zero-order valence-electron chi connectivity index (χ0n) is 11.5. The first kappa shape index (κ1) is 13.2. The van der Waals surface area contributed by atoms with Crippen molar-refractivity contribution >= 4 is 0 Å². The van der Waals surface area contributed by atoms with E-state index in [0.29, 0.717) is 6.04 Å². The number of aryl methyl sites for hydroxylation is 2. The van der Waals surface area contributed by atoms with Gasteiger partial charge in [-0.1, -0.05) is 32.0 Å². The van der Waals surface area contributed by atoms with Gasteiger partial charge in [0.1, 0.15) is 0 Å². The van der Waals surface area contributed by atoms with Crippen molar-refractivity contribution in [2.24, 2.45) is 0 Å². The van der Waals surface area contributed by atoms with Crippen LogP contribution in [0.1, 0.15) is 43.9 Å². The van der Waals surface area contributed by atoms with Gasteiger partial charge >= 0.3 is 0 Å². The Kier molecular flexibility index (Phi) is 4.15. The third kappa shape index (κ3) is 3.08. The predicted octanol–water partition coefficient (Wildman–Crippen LogP) is 3.58. The van der Waals surface area contributed by atoms with Crippen LogP contribution < -0.4 is 5.32 Å². The molecule has 0 saturated carbocycles. The van der Waals surface area contributed by atoms with Gasteiger partial charge in [0.25, 0.3) is 0 Å². The van der Waals surface area contributed by atoms with Gasteiger partial charge in [-0.3, -0.25) is 0 Å². The number of benzene rings is 1. The van der Waals surface area contributed by atoms with E-state index < -0.39 is 0 Å². The predicted molar refractivity (Wildman–Crippen MR) is 72.1 cm³/mol. The van der Waals surface area contributed by atoms with Gasteiger partial charge in [-0.25, -0.2) is 0 Å². The highest BCUT2D eigenvalue weighted by Gasteiger charge is 2.22. The van der Waals surface area contributed by atoms with Crippen molar-refractivity contribution in [3.05, 3.63) is 34.9 Å². The molecule has 1 aromatic rings. The molecule has 0 fully saturated rings. The SMILES string of the molecule is CNC(C)CC(C)(C)c1ccc(C)c(C)c1. The second-order valence-corrected chi connectivity index (χ2v) is 5.58. The zero-order chi connectivity index (χ0) is 12.3. The number of rotatable bonds is 4. The Balaban J connectivity index is 2.93. The molecule has 0 aliphatic rings. The normalized spacial score (nSPS) is 13.9. The number of nitrogens with one attached hydrogen (secondary N) is 1. The van der Waals surface area contributed by atoms with E-state index in [1.165, 1.54) is 16.7 Å². The minimum absolute atomic E-state index is 0.237. The van der Waals surface area contributed by atoms with Crippen LogP contribution in [0.3, 0.4) is 0 Å². The molecule has 0 spiro atoms. The van der Waals surface area contributed by atoms with E-state index in [-0.39, 0.29) is 5.41 Å². The monoisotopic (exact) mass is 219 g/mol. The van der Waals surface area contributed by atoms with Gasteiger partial charge in [0.05, 0.1) is 0 Å². The summed E-state index contributed by atoms with van der Waals surface area (Å²) < 4.78 is 0. The van der Waals surface area contributed by atoms with Gasteiger partial charge in [0.15, 0.2) is 0 Å². The van der Waals surface area contributed by atoms with Gasteiger partial charge in [0, 0.05) is 6.04 Å². The molecule has 1 rings (SSSR count). The number of hydrogen-bond acceptors (Lipinski definition) is 1. The average Bonchev–Trinajstić information content (AvgIpc) is 2.21. The Hall–Kier alpha value is -0.820.